The van der Waals surface area contributed by atoms with Gasteiger partial charge in [-0.3, -0.25) is 4.79 Å². The van der Waals surface area contributed by atoms with Crippen molar-refractivity contribution in [3.63, 3.8) is 0 Å². The molecule has 0 unspecified atom stereocenters. The molecular weight excluding hydrogens is 344 g/mol. The quantitative estimate of drug-likeness (QED) is 0.732. The maximum atomic E-state index is 13.5. The van der Waals surface area contributed by atoms with E-state index in [1.165, 1.54) is 30.3 Å². The highest BCUT2D eigenvalue weighted by Crippen LogP contribution is 2.15. The zero-order valence-electron chi connectivity index (χ0n) is 13.6. The zero-order valence-corrected chi connectivity index (χ0v) is 13.6. The monoisotopic (exact) mass is 359 g/mol. The highest BCUT2D eigenvalue weighted by Gasteiger charge is 2.13. The molecule has 1 heterocycles. The predicted molar refractivity (Wildman–Crippen MR) is 89.3 cm³/mol. The van der Waals surface area contributed by atoms with E-state index in [4.69, 9.17) is 4.42 Å². The highest BCUT2D eigenvalue weighted by atomic mass is 19.1. The molecule has 134 valence electrons. The summed E-state index contributed by atoms with van der Waals surface area (Å²) in [6, 6.07) is 11.5. The minimum Gasteiger partial charge on any atom is -0.388 e. The summed E-state index contributed by atoms with van der Waals surface area (Å²) in [5.74, 6) is -2.02. The maximum Gasteiger partial charge on any atom is 0.437 e. The molecule has 1 aromatic heterocycles. The Morgan fingerprint density at radius 2 is 1.85 bits per heavy atom. The Morgan fingerprint density at radius 1 is 1.12 bits per heavy atom. The van der Waals surface area contributed by atoms with Gasteiger partial charge in [-0.1, -0.05) is 18.2 Å². The van der Waals surface area contributed by atoms with E-state index in [9.17, 15) is 18.4 Å². The van der Waals surface area contributed by atoms with Gasteiger partial charge in [0, 0.05) is 12.1 Å². The molecule has 0 spiro atoms. The highest BCUT2D eigenvalue weighted by molar-refractivity contribution is 5.75. The Balaban J connectivity index is 1.58. The first kappa shape index (κ1) is 17.5. The summed E-state index contributed by atoms with van der Waals surface area (Å²) in [4.78, 5) is 23.7. The van der Waals surface area contributed by atoms with E-state index < -0.39 is 17.5 Å². The SMILES string of the molecule is O=C(Cn1nc(-c2ccc(F)cc2)oc1=O)NCCc1ccccc1F. The van der Waals surface area contributed by atoms with Gasteiger partial charge in [0.2, 0.25) is 11.8 Å². The zero-order chi connectivity index (χ0) is 18.5. The first-order valence-corrected chi connectivity index (χ1v) is 7.87. The fraction of sp³-hybridized carbons (Fsp3) is 0.167. The molecule has 0 aliphatic heterocycles. The molecule has 0 saturated carbocycles. The predicted octanol–water partition coefficient (Wildman–Crippen LogP) is 2.14. The number of carbonyl (C=O) groups excluding carboxylic acids is 1. The molecule has 6 nitrogen and oxygen atoms in total. The van der Waals surface area contributed by atoms with Crippen molar-refractivity contribution in [2.75, 3.05) is 6.54 Å². The molecule has 0 aliphatic rings. The number of hydrogen-bond donors (Lipinski definition) is 1. The van der Waals surface area contributed by atoms with Crippen molar-refractivity contribution >= 4 is 5.91 Å². The summed E-state index contributed by atoms with van der Waals surface area (Å²) in [5.41, 5.74) is 0.909. The van der Waals surface area contributed by atoms with Crippen LogP contribution in [-0.2, 0) is 17.8 Å². The Morgan fingerprint density at radius 3 is 2.58 bits per heavy atom. The lowest BCUT2D eigenvalue weighted by molar-refractivity contribution is -0.121. The third-order valence-electron chi connectivity index (χ3n) is 3.67. The van der Waals surface area contributed by atoms with Crippen LogP contribution in [0.4, 0.5) is 8.78 Å². The smallest absolute Gasteiger partial charge is 0.388 e. The molecule has 0 saturated heterocycles. The second kappa shape index (κ2) is 7.73. The first-order valence-electron chi connectivity index (χ1n) is 7.87. The van der Waals surface area contributed by atoms with Crippen molar-refractivity contribution in [1.82, 2.24) is 15.1 Å². The van der Waals surface area contributed by atoms with E-state index in [0.29, 0.717) is 17.5 Å². The van der Waals surface area contributed by atoms with Crippen molar-refractivity contribution in [3.8, 4) is 11.5 Å². The van der Waals surface area contributed by atoms with E-state index in [1.807, 2.05) is 0 Å². The average Bonchev–Trinajstić information content (AvgIpc) is 2.98. The van der Waals surface area contributed by atoms with Crippen LogP contribution >= 0.6 is 0 Å². The molecule has 3 rings (SSSR count). The number of amides is 1. The lowest BCUT2D eigenvalue weighted by Gasteiger charge is -2.05. The number of carbonyl (C=O) groups is 1. The normalized spacial score (nSPS) is 10.7. The molecule has 26 heavy (non-hydrogen) atoms. The lowest BCUT2D eigenvalue weighted by atomic mass is 10.1. The third kappa shape index (κ3) is 4.21. The summed E-state index contributed by atoms with van der Waals surface area (Å²) >= 11 is 0. The van der Waals surface area contributed by atoms with Crippen molar-refractivity contribution in [3.05, 3.63) is 76.3 Å². The lowest BCUT2D eigenvalue weighted by Crippen LogP contribution is -2.32. The van der Waals surface area contributed by atoms with E-state index >= 15 is 0 Å². The number of rotatable bonds is 6. The molecule has 0 atom stereocenters. The van der Waals surface area contributed by atoms with Gasteiger partial charge in [-0.05, 0) is 42.3 Å². The average molecular weight is 359 g/mol. The molecule has 1 amide bonds. The summed E-state index contributed by atoms with van der Waals surface area (Å²) in [7, 11) is 0. The number of nitrogens with one attached hydrogen (secondary N) is 1. The first-order chi connectivity index (χ1) is 12.5. The number of benzene rings is 2. The topological polar surface area (TPSA) is 77.1 Å². The molecule has 3 aromatic rings. The van der Waals surface area contributed by atoms with Crippen LogP contribution in [-0.4, -0.2) is 22.2 Å². The van der Waals surface area contributed by atoms with Crippen LogP contribution in [0.15, 0.2) is 57.7 Å². The largest absolute Gasteiger partial charge is 0.437 e. The Hall–Kier alpha value is -3.29. The van der Waals surface area contributed by atoms with Gasteiger partial charge in [0.05, 0.1) is 0 Å². The molecule has 1 N–H and O–H groups in total. The minimum absolute atomic E-state index is 0.00541. The molecule has 2 aromatic carbocycles. The van der Waals surface area contributed by atoms with E-state index in [1.54, 1.807) is 18.2 Å². The Labute approximate surface area is 147 Å². The van der Waals surface area contributed by atoms with E-state index in [2.05, 4.69) is 10.4 Å². The van der Waals surface area contributed by atoms with Gasteiger partial charge in [0.1, 0.15) is 18.2 Å². The van der Waals surface area contributed by atoms with Gasteiger partial charge in [0.25, 0.3) is 0 Å². The molecule has 0 aliphatic carbocycles. The summed E-state index contributed by atoms with van der Waals surface area (Å²) in [6.45, 7) is -0.113. The van der Waals surface area contributed by atoms with Gasteiger partial charge in [-0.2, -0.15) is 4.68 Å². The number of nitrogens with zero attached hydrogens (tertiary/aromatic N) is 2. The van der Waals surface area contributed by atoms with Crippen molar-refractivity contribution in [2.45, 2.75) is 13.0 Å². The fourth-order valence-electron chi connectivity index (χ4n) is 2.34. The molecule has 0 radical (unpaired) electrons. The summed E-state index contributed by atoms with van der Waals surface area (Å²) in [6.07, 6.45) is 0.326. The minimum atomic E-state index is -0.798. The van der Waals surface area contributed by atoms with Gasteiger partial charge in [0.15, 0.2) is 0 Å². The number of aromatic nitrogens is 2. The molecular formula is C18H15F2N3O3. The standard InChI is InChI=1S/C18H15F2N3O3/c19-14-7-5-13(6-8-14)17-22-23(18(25)26-17)11-16(24)21-10-9-12-3-1-2-4-15(12)20/h1-8H,9-11H2,(H,21,24). The van der Waals surface area contributed by atoms with Gasteiger partial charge < -0.3 is 9.73 Å². The number of hydrogen-bond acceptors (Lipinski definition) is 4. The van der Waals surface area contributed by atoms with Crippen LogP contribution in [0.1, 0.15) is 5.56 Å². The second-order valence-corrected chi connectivity index (χ2v) is 5.53. The van der Waals surface area contributed by atoms with Crippen molar-refractivity contribution < 1.29 is 18.0 Å². The third-order valence-corrected chi connectivity index (χ3v) is 3.67. The van der Waals surface area contributed by atoms with Gasteiger partial charge in [-0.25, -0.2) is 13.6 Å². The van der Waals surface area contributed by atoms with E-state index in [0.717, 1.165) is 4.68 Å². The Bertz CT molecular complexity index is 964. The fourth-order valence-corrected chi connectivity index (χ4v) is 2.34. The van der Waals surface area contributed by atoms with Crippen LogP contribution in [0.25, 0.3) is 11.5 Å². The second-order valence-electron chi connectivity index (χ2n) is 5.53. The summed E-state index contributed by atoms with van der Waals surface area (Å²) in [5, 5.41) is 6.52. The maximum absolute atomic E-state index is 13.5. The molecule has 8 heteroatoms. The van der Waals surface area contributed by atoms with Gasteiger partial charge in [-0.15, -0.1) is 5.10 Å². The van der Waals surface area contributed by atoms with E-state index in [-0.39, 0.29) is 24.8 Å². The summed E-state index contributed by atoms with van der Waals surface area (Å²) < 4.78 is 32.3. The van der Waals surface area contributed by atoms with Crippen molar-refractivity contribution in [1.29, 1.82) is 0 Å². The Kier molecular flexibility index (Phi) is 5.21. The molecule has 0 fully saturated rings. The number of halogens is 2. The molecule has 0 bridgehead atoms. The van der Waals surface area contributed by atoms with Crippen LogP contribution in [0.5, 0.6) is 0 Å². The van der Waals surface area contributed by atoms with Crippen LogP contribution in [0, 0.1) is 11.6 Å². The van der Waals surface area contributed by atoms with Crippen LogP contribution < -0.4 is 11.1 Å². The van der Waals surface area contributed by atoms with Gasteiger partial charge >= 0.3 is 5.76 Å². The van der Waals surface area contributed by atoms with Crippen LogP contribution in [0.2, 0.25) is 0 Å². The van der Waals surface area contributed by atoms with Crippen molar-refractivity contribution in [2.24, 2.45) is 0 Å². The van der Waals surface area contributed by atoms with Crippen LogP contribution in [0.3, 0.4) is 0 Å².